The highest BCUT2D eigenvalue weighted by Gasteiger charge is 2.42. The molecule has 19 heavy (non-hydrogen) atoms. The van der Waals surface area contributed by atoms with Gasteiger partial charge in [0, 0.05) is 5.75 Å². The summed E-state index contributed by atoms with van der Waals surface area (Å²) in [5.74, 6) is 2.35. The van der Waals surface area contributed by atoms with Crippen LogP contribution in [0.25, 0.3) is 0 Å². The second-order valence-corrected chi connectivity index (χ2v) is 7.04. The SMILES string of the molecule is CCNC1(C#N)CCCC1CCSc1nc(C)ns1. The Morgan fingerprint density at radius 3 is 3.11 bits per heavy atom. The largest absolute Gasteiger partial charge is 0.299 e. The average molecular weight is 296 g/mol. The van der Waals surface area contributed by atoms with Gasteiger partial charge in [-0.3, -0.25) is 5.32 Å². The van der Waals surface area contributed by atoms with Crippen LogP contribution in [0.1, 0.15) is 38.4 Å². The minimum absolute atomic E-state index is 0.285. The Morgan fingerprint density at radius 1 is 1.63 bits per heavy atom. The van der Waals surface area contributed by atoms with Crippen molar-refractivity contribution in [1.29, 1.82) is 5.26 Å². The van der Waals surface area contributed by atoms with Gasteiger partial charge >= 0.3 is 0 Å². The smallest absolute Gasteiger partial charge is 0.170 e. The molecule has 0 radical (unpaired) electrons. The molecule has 1 aromatic rings. The van der Waals surface area contributed by atoms with Crippen LogP contribution in [0.2, 0.25) is 0 Å². The minimum Gasteiger partial charge on any atom is -0.299 e. The summed E-state index contributed by atoms with van der Waals surface area (Å²) >= 11 is 3.23. The van der Waals surface area contributed by atoms with E-state index in [9.17, 15) is 5.26 Å². The van der Waals surface area contributed by atoms with Gasteiger partial charge in [0.15, 0.2) is 4.34 Å². The van der Waals surface area contributed by atoms with Crippen LogP contribution >= 0.6 is 23.3 Å². The number of nitrogens with zero attached hydrogens (tertiary/aromatic N) is 3. The lowest BCUT2D eigenvalue weighted by molar-refractivity contribution is 0.317. The van der Waals surface area contributed by atoms with E-state index in [0.29, 0.717) is 5.92 Å². The summed E-state index contributed by atoms with van der Waals surface area (Å²) in [6.07, 6.45) is 4.39. The molecule has 1 saturated carbocycles. The molecule has 1 heterocycles. The fraction of sp³-hybridized carbons (Fsp3) is 0.769. The van der Waals surface area contributed by atoms with Crippen molar-refractivity contribution < 1.29 is 0 Å². The second-order valence-electron chi connectivity index (χ2n) is 4.95. The predicted molar refractivity (Wildman–Crippen MR) is 79.3 cm³/mol. The van der Waals surface area contributed by atoms with Crippen molar-refractivity contribution >= 4 is 23.3 Å². The van der Waals surface area contributed by atoms with E-state index in [1.807, 2.05) is 6.92 Å². The van der Waals surface area contributed by atoms with Gasteiger partial charge in [-0.05, 0) is 50.2 Å². The summed E-state index contributed by atoms with van der Waals surface area (Å²) < 4.78 is 5.23. The molecular formula is C13H20N4S2. The highest BCUT2D eigenvalue weighted by atomic mass is 32.2. The van der Waals surface area contributed by atoms with E-state index in [0.717, 1.165) is 48.1 Å². The maximum Gasteiger partial charge on any atom is 0.170 e. The lowest BCUT2D eigenvalue weighted by Crippen LogP contribution is -2.47. The van der Waals surface area contributed by atoms with Crippen LogP contribution in [-0.2, 0) is 0 Å². The summed E-state index contributed by atoms with van der Waals surface area (Å²) in [7, 11) is 0. The van der Waals surface area contributed by atoms with Crippen molar-refractivity contribution in [3.63, 3.8) is 0 Å². The molecule has 0 bridgehead atoms. The standard InChI is InChI=1S/C13H20N4S2/c1-3-15-13(9-14)7-4-5-11(13)6-8-18-12-16-10(2)17-19-12/h11,15H,3-8H2,1-2H3. The molecule has 0 amide bonds. The Bertz CT molecular complexity index is 454. The van der Waals surface area contributed by atoms with Gasteiger partial charge in [0.1, 0.15) is 11.4 Å². The van der Waals surface area contributed by atoms with Crippen LogP contribution in [-0.4, -0.2) is 27.2 Å². The van der Waals surface area contributed by atoms with Crippen LogP contribution in [0.15, 0.2) is 4.34 Å². The lowest BCUT2D eigenvalue weighted by Gasteiger charge is -2.29. The van der Waals surface area contributed by atoms with Crippen molar-refractivity contribution in [2.45, 2.75) is 49.4 Å². The third kappa shape index (κ3) is 3.47. The number of nitrogens with one attached hydrogen (secondary N) is 1. The molecule has 1 fully saturated rings. The Morgan fingerprint density at radius 2 is 2.47 bits per heavy atom. The number of thioether (sulfide) groups is 1. The van der Waals surface area contributed by atoms with E-state index in [1.165, 1.54) is 11.5 Å². The van der Waals surface area contributed by atoms with E-state index < -0.39 is 0 Å². The van der Waals surface area contributed by atoms with Crippen LogP contribution in [0, 0.1) is 24.2 Å². The Hall–Kier alpha value is -0.640. The summed E-state index contributed by atoms with van der Waals surface area (Å²) in [6.45, 7) is 4.86. The van der Waals surface area contributed by atoms with E-state index in [4.69, 9.17) is 0 Å². The van der Waals surface area contributed by atoms with Crippen LogP contribution in [0.4, 0.5) is 0 Å². The van der Waals surface area contributed by atoms with E-state index in [1.54, 1.807) is 11.8 Å². The summed E-state index contributed by atoms with van der Waals surface area (Å²) in [5.41, 5.74) is -0.285. The van der Waals surface area contributed by atoms with Gasteiger partial charge in [-0.1, -0.05) is 25.1 Å². The Kier molecular flexibility index (Phi) is 5.20. The number of aromatic nitrogens is 2. The lowest BCUT2D eigenvalue weighted by atomic mass is 9.86. The molecule has 2 rings (SSSR count). The topological polar surface area (TPSA) is 61.6 Å². The van der Waals surface area contributed by atoms with Crippen molar-refractivity contribution in [3.8, 4) is 6.07 Å². The van der Waals surface area contributed by atoms with Crippen molar-refractivity contribution in [3.05, 3.63) is 5.82 Å². The highest BCUT2D eigenvalue weighted by Crippen LogP contribution is 2.38. The van der Waals surface area contributed by atoms with Crippen molar-refractivity contribution in [2.24, 2.45) is 5.92 Å². The van der Waals surface area contributed by atoms with Gasteiger partial charge in [-0.2, -0.15) is 9.64 Å². The first-order chi connectivity index (χ1) is 9.20. The van der Waals surface area contributed by atoms with Crippen molar-refractivity contribution in [2.75, 3.05) is 12.3 Å². The zero-order valence-corrected chi connectivity index (χ0v) is 13.1. The van der Waals surface area contributed by atoms with Gasteiger partial charge in [-0.25, -0.2) is 4.98 Å². The zero-order chi connectivity index (χ0) is 13.7. The molecule has 4 nitrogen and oxygen atoms in total. The molecule has 104 valence electrons. The molecule has 2 atom stereocenters. The third-order valence-corrected chi connectivity index (χ3v) is 5.67. The molecule has 1 aromatic heterocycles. The van der Waals surface area contributed by atoms with Gasteiger partial charge in [0.05, 0.1) is 6.07 Å². The molecule has 0 spiro atoms. The van der Waals surface area contributed by atoms with Gasteiger partial charge in [-0.15, -0.1) is 0 Å². The van der Waals surface area contributed by atoms with E-state index in [-0.39, 0.29) is 5.54 Å². The molecule has 1 N–H and O–H groups in total. The molecule has 2 unspecified atom stereocenters. The Balaban J connectivity index is 1.86. The molecule has 0 saturated heterocycles. The van der Waals surface area contributed by atoms with E-state index in [2.05, 4.69) is 27.7 Å². The second kappa shape index (κ2) is 6.69. The first-order valence-corrected chi connectivity index (χ1v) is 8.55. The molecule has 1 aliphatic carbocycles. The molecule has 0 aliphatic heterocycles. The van der Waals surface area contributed by atoms with Crippen molar-refractivity contribution in [1.82, 2.24) is 14.7 Å². The summed E-state index contributed by atoms with van der Waals surface area (Å²) in [6, 6.07) is 2.54. The maximum atomic E-state index is 9.50. The fourth-order valence-electron chi connectivity index (χ4n) is 2.83. The monoisotopic (exact) mass is 296 g/mol. The zero-order valence-electron chi connectivity index (χ0n) is 11.5. The highest BCUT2D eigenvalue weighted by molar-refractivity contribution is 8.00. The van der Waals surface area contributed by atoms with Crippen LogP contribution < -0.4 is 5.32 Å². The number of nitriles is 1. The molecule has 0 aromatic carbocycles. The molecular weight excluding hydrogens is 276 g/mol. The minimum atomic E-state index is -0.285. The van der Waals surface area contributed by atoms with E-state index >= 15 is 0 Å². The average Bonchev–Trinajstić information content (AvgIpc) is 2.98. The number of hydrogen-bond donors (Lipinski definition) is 1. The Labute approximate surface area is 123 Å². The number of hydrogen-bond acceptors (Lipinski definition) is 6. The predicted octanol–water partition coefficient (Wildman–Crippen LogP) is 3.00. The quantitative estimate of drug-likeness (QED) is 0.818. The first-order valence-electron chi connectivity index (χ1n) is 6.79. The number of aryl methyl sites for hydroxylation is 1. The summed E-state index contributed by atoms with van der Waals surface area (Å²) in [4.78, 5) is 4.36. The van der Waals surface area contributed by atoms with Gasteiger partial charge in [0.2, 0.25) is 0 Å². The fourth-order valence-corrected chi connectivity index (χ4v) is 4.60. The third-order valence-electron chi connectivity index (χ3n) is 3.71. The normalized spacial score (nSPS) is 26.5. The molecule has 1 aliphatic rings. The molecule has 6 heteroatoms. The van der Waals surface area contributed by atoms with Gasteiger partial charge < -0.3 is 0 Å². The van der Waals surface area contributed by atoms with Crippen LogP contribution in [0.5, 0.6) is 0 Å². The number of rotatable bonds is 6. The van der Waals surface area contributed by atoms with Crippen LogP contribution in [0.3, 0.4) is 0 Å². The first kappa shape index (κ1) is 14.8. The summed E-state index contributed by atoms with van der Waals surface area (Å²) in [5, 5.41) is 12.9. The van der Waals surface area contributed by atoms with Gasteiger partial charge in [0.25, 0.3) is 0 Å². The maximum absolute atomic E-state index is 9.50.